The van der Waals surface area contributed by atoms with Crippen LogP contribution in [0.4, 0.5) is 0 Å². The smallest absolute Gasteiger partial charge is 0.496 e. The molecular weight excluding hydrogens is 342 g/mol. The fourth-order valence-corrected chi connectivity index (χ4v) is 4.08. The van der Waals surface area contributed by atoms with Crippen LogP contribution >= 0.6 is 6.12 Å². The summed E-state index contributed by atoms with van der Waals surface area (Å²) in [5.74, 6) is 1.48. The minimum Gasteiger partial charge on any atom is -0.496 e. The van der Waals surface area contributed by atoms with E-state index in [1.807, 2.05) is 64.1 Å². The largest absolute Gasteiger partial charge is 1.00 e. The van der Waals surface area contributed by atoms with Crippen LogP contribution in [-0.2, 0) is 24.5 Å². The van der Waals surface area contributed by atoms with Crippen molar-refractivity contribution in [2.45, 2.75) is 27.7 Å². The van der Waals surface area contributed by atoms with E-state index in [0.29, 0.717) is 0 Å². The average Bonchev–Trinajstić information content (AvgIpc) is 2.39. The molecule has 0 radical (unpaired) electrons. The first kappa shape index (κ1) is 20.2. The van der Waals surface area contributed by atoms with E-state index in [2.05, 4.69) is 0 Å². The van der Waals surface area contributed by atoms with Crippen molar-refractivity contribution in [2.24, 2.45) is 0 Å². The van der Waals surface area contributed by atoms with E-state index in [0.717, 1.165) is 33.8 Å². The summed E-state index contributed by atoms with van der Waals surface area (Å²) in [7, 11) is 0. The van der Waals surface area contributed by atoms with E-state index < -0.39 is 6.12 Å². The normalized spacial score (nSPS) is 10.8. The van der Waals surface area contributed by atoms with Crippen LogP contribution in [-0.4, -0.2) is 0 Å². The second-order valence-corrected chi connectivity index (χ2v) is 9.91. The zero-order valence-corrected chi connectivity index (χ0v) is 18.1. The van der Waals surface area contributed by atoms with Crippen LogP contribution in [0.2, 0.25) is 0 Å². The Morgan fingerprint density at radius 2 is 0.955 bits per heavy atom. The van der Waals surface area contributed by atoms with Gasteiger partial charge in [-0.1, -0.05) is 36.4 Å². The molecule has 0 bridgehead atoms. The third-order valence-corrected chi connectivity index (χ3v) is 4.93. The first-order chi connectivity index (χ1) is 9.80. The molecule has 0 amide bonds. The average molecular weight is 360 g/mol. The van der Waals surface area contributed by atoms with Gasteiger partial charge in [0.05, 0.1) is 0 Å². The molecule has 0 aliphatic carbocycles. The van der Waals surface area contributed by atoms with E-state index in [-0.39, 0.29) is 29.6 Å². The Kier molecular flexibility index (Phi) is 7.65. The molecule has 6 heteroatoms. The molecule has 0 saturated heterocycles. The molecule has 0 aliphatic rings. The van der Waals surface area contributed by atoms with Gasteiger partial charge in [0.2, 0.25) is 0 Å². The molecule has 22 heavy (non-hydrogen) atoms. The molecule has 0 unspecified atom stereocenters. The van der Waals surface area contributed by atoms with Crippen LogP contribution < -0.4 is 38.6 Å². The van der Waals surface area contributed by atoms with Gasteiger partial charge in [-0.3, -0.25) is 0 Å². The van der Waals surface area contributed by atoms with Crippen molar-refractivity contribution in [3.63, 3.8) is 0 Å². The molecular formula is C16H18NaO2PS2. The van der Waals surface area contributed by atoms with Crippen molar-refractivity contribution in [1.82, 2.24) is 0 Å². The minimum absolute atomic E-state index is 0. The number of hydrogen-bond acceptors (Lipinski definition) is 4. The maximum absolute atomic E-state index is 5.90. The molecule has 112 valence electrons. The van der Waals surface area contributed by atoms with Gasteiger partial charge in [-0.05, 0) is 49.9 Å². The van der Waals surface area contributed by atoms with E-state index in [1.165, 1.54) is 0 Å². The summed E-state index contributed by atoms with van der Waals surface area (Å²) in [6, 6.07) is 11.9. The summed E-state index contributed by atoms with van der Waals surface area (Å²) in [6.45, 7) is 7.91. The van der Waals surface area contributed by atoms with Gasteiger partial charge in [0.25, 0.3) is 0 Å². The molecule has 0 N–H and O–H groups in total. The summed E-state index contributed by atoms with van der Waals surface area (Å²) in [4.78, 5) is 0. The summed E-state index contributed by atoms with van der Waals surface area (Å²) < 4.78 is 11.8. The molecule has 0 spiro atoms. The third-order valence-electron chi connectivity index (χ3n) is 3.22. The Bertz CT molecular complexity index is 567. The van der Waals surface area contributed by atoms with Gasteiger partial charge in [0, 0.05) is 0 Å². The summed E-state index contributed by atoms with van der Waals surface area (Å²) in [6.07, 6.45) is -2.83. The van der Waals surface area contributed by atoms with E-state index >= 15 is 0 Å². The van der Waals surface area contributed by atoms with Crippen molar-refractivity contribution in [3.8, 4) is 11.5 Å². The van der Waals surface area contributed by atoms with Crippen LogP contribution in [0.3, 0.4) is 0 Å². The van der Waals surface area contributed by atoms with Gasteiger partial charge >= 0.3 is 29.6 Å². The Balaban J connectivity index is 0.00000242. The Labute approximate surface area is 166 Å². The van der Waals surface area contributed by atoms with Crippen molar-refractivity contribution in [1.29, 1.82) is 0 Å². The minimum atomic E-state index is -2.83. The number of benzene rings is 2. The fourth-order valence-electron chi connectivity index (χ4n) is 2.13. The van der Waals surface area contributed by atoms with Crippen molar-refractivity contribution >= 4 is 30.6 Å². The Morgan fingerprint density at radius 1 is 0.682 bits per heavy atom. The second-order valence-electron chi connectivity index (χ2n) is 5.07. The van der Waals surface area contributed by atoms with Gasteiger partial charge in [0.1, 0.15) is 6.12 Å². The molecule has 0 heterocycles. The van der Waals surface area contributed by atoms with Crippen LogP contribution in [0, 0.1) is 27.7 Å². The second kappa shape index (κ2) is 8.32. The van der Waals surface area contributed by atoms with Gasteiger partial charge in [0.15, 0.2) is 11.5 Å². The Hall–Kier alpha value is 0.170. The Morgan fingerprint density at radius 3 is 1.23 bits per heavy atom. The van der Waals surface area contributed by atoms with Gasteiger partial charge in [-0.25, -0.2) is 0 Å². The fraction of sp³-hybridized carbons (Fsp3) is 0.250. The zero-order valence-electron chi connectivity index (χ0n) is 13.5. The molecule has 0 aromatic heterocycles. The maximum Gasteiger partial charge on any atom is 1.00 e. The monoisotopic (exact) mass is 360 g/mol. The van der Waals surface area contributed by atoms with Gasteiger partial charge < -0.3 is 33.5 Å². The quantitative estimate of drug-likeness (QED) is 0.472. The van der Waals surface area contributed by atoms with E-state index in [4.69, 9.17) is 33.5 Å². The molecule has 0 atom stereocenters. The molecule has 2 aromatic carbocycles. The standard InChI is InChI=1S/C16H19O2PS2.Na/c1-11-7-5-8-12(2)15(11)17-19(20,21)18-16-13(3)9-6-10-14(16)4;/h5-10H,1-4H3,(H,20,21);/q;+1/p-1. The predicted molar refractivity (Wildman–Crippen MR) is 94.7 cm³/mol. The topological polar surface area (TPSA) is 18.5 Å². The number of hydrogen-bond donors (Lipinski definition) is 0. The first-order valence-electron chi connectivity index (χ1n) is 6.63. The number of rotatable bonds is 4. The van der Waals surface area contributed by atoms with Crippen molar-refractivity contribution in [2.75, 3.05) is 0 Å². The predicted octanol–water partition coefficient (Wildman–Crippen LogP) is 2.15. The molecule has 0 saturated carbocycles. The van der Waals surface area contributed by atoms with Crippen LogP contribution in [0.1, 0.15) is 22.3 Å². The van der Waals surface area contributed by atoms with E-state index in [1.54, 1.807) is 0 Å². The van der Waals surface area contributed by atoms with Crippen molar-refractivity contribution < 1.29 is 38.6 Å². The molecule has 0 fully saturated rings. The van der Waals surface area contributed by atoms with Crippen LogP contribution in [0.5, 0.6) is 11.5 Å². The number of para-hydroxylation sites is 2. The van der Waals surface area contributed by atoms with Gasteiger partial charge in [-0.2, -0.15) is 0 Å². The van der Waals surface area contributed by atoms with Crippen LogP contribution in [0.15, 0.2) is 36.4 Å². The van der Waals surface area contributed by atoms with E-state index in [9.17, 15) is 0 Å². The summed E-state index contributed by atoms with van der Waals surface area (Å²) in [5, 5.41) is 0. The van der Waals surface area contributed by atoms with Gasteiger partial charge in [-0.15, -0.1) is 0 Å². The molecule has 2 nitrogen and oxygen atoms in total. The van der Waals surface area contributed by atoms with Crippen LogP contribution in [0.25, 0.3) is 0 Å². The maximum atomic E-state index is 5.90. The van der Waals surface area contributed by atoms with Crippen molar-refractivity contribution in [3.05, 3.63) is 58.7 Å². The zero-order chi connectivity index (χ0) is 15.6. The summed E-state index contributed by atoms with van der Waals surface area (Å²) >= 11 is 10.9. The number of aryl methyl sites for hydroxylation is 4. The molecule has 2 rings (SSSR count). The molecule has 2 aromatic rings. The molecule has 0 aliphatic heterocycles. The SMILES string of the molecule is Cc1cccc(C)c1O[P+]([S-])([S-])Oc1c(C)cccc1C.[Na+]. The first-order valence-corrected chi connectivity index (χ1v) is 10.3. The third kappa shape index (κ3) is 5.09. The summed E-state index contributed by atoms with van der Waals surface area (Å²) in [5.41, 5.74) is 4.05.